The number of amides is 1. The van der Waals surface area contributed by atoms with E-state index in [9.17, 15) is 19.7 Å². The van der Waals surface area contributed by atoms with Gasteiger partial charge in [0, 0.05) is 6.42 Å². The van der Waals surface area contributed by atoms with Gasteiger partial charge in [0.2, 0.25) is 5.91 Å². The lowest BCUT2D eigenvalue weighted by Crippen LogP contribution is -2.42. The van der Waals surface area contributed by atoms with Crippen molar-refractivity contribution in [2.24, 2.45) is 5.92 Å². The van der Waals surface area contributed by atoms with E-state index in [2.05, 4.69) is 52.2 Å². The normalized spacial score (nSPS) is 13.3. The molecule has 0 heterocycles. The Hall–Kier alpha value is -2.20. The summed E-state index contributed by atoms with van der Waals surface area (Å²) < 4.78 is 5.15. The molecule has 1 fully saturated rings. The van der Waals surface area contributed by atoms with Crippen LogP contribution in [0.5, 0.6) is 0 Å². The molecule has 0 saturated heterocycles. The van der Waals surface area contributed by atoms with Gasteiger partial charge in [-0.2, -0.15) is 23.5 Å². The maximum absolute atomic E-state index is 12.1. The number of ether oxygens (including phenoxy) is 1. The number of allylic oxidation sites excluding steroid dienone is 2. The van der Waals surface area contributed by atoms with Crippen molar-refractivity contribution in [1.82, 2.24) is 5.32 Å². The Morgan fingerprint density at radius 3 is 2.42 bits per heavy atom. The predicted molar refractivity (Wildman–Crippen MR) is 182 cm³/mol. The van der Waals surface area contributed by atoms with Crippen molar-refractivity contribution in [1.29, 1.82) is 0 Å². The van der Waals surface area contributed by atoms with Crippen molar-refractivity contribution < 1.29 is 24.3 Å². The number of benzene rings is 1. The number of thioether (sulfide) groups is 2. The Kier molecular flexibility index (Phi) is 28.3. The average Bonchev–Trinajstić information content (AvgIpc) is 3.54. The summed E-state index contributed by atoms with van der Waals surface area (Å²) in [5, 5.41) is 11.9. The van der Waals surface area contributed by atoms with E-state index in [1.54, 1.807) is 11.8 Å². The Balaban J connectivity index is 0.000000835. The minimum absolute atomic E-state index is 0.0244. The quantitative estimate of drug-likeness (QED) is 0.0473. The molecule has 1 unspecified atom stereocenters. The van der Waals surface area contributed by atoms with Crippen LogP contribution in [-0.4, -0.2) is 59.7 Å². The van der Waals surface area contributed by atoms with E-state index in [0.29, 0.717) is 25.7 Å². The molecular weight excluding hydrogens is 585 g/mol. The van der Waals surface area contributed by atoms with E-state index in [4.69, 9.17) is 4.74 Å². The molecule has 0 radical (unpaired) electrons. The third-order valence-corrected chi connectivity index (χ3v) is 8.40. The summed E-state index contributed by atoms with van der Waals surface area (Å²) >= 11 is 3.72. The molecule has 1 amide bonds. The zero-order valence-corrected chi connectivity index (χ0v) is 28.6. The number of carbonyl (C=O) groups excluding carboxylic acids is 2. The molecular formula is C33H56N2O6S2. The molecule has 10 heteroatoms. The highest BCUT2D eigenvalue weighted by atomic mass is 32.2. The Morgan fingerprint density at radius 1 is 1.07 bits per heavy atom. The SMILES string of the molecule is C/C=C\CCCC(=O)NC(CCSC)C(=O)OCCCCO[N+](=O)[O-].CC.c1ccc(CCSCCC2CCCC2)cc1. The average molecular weight is 641 g/mol. The van der Waals surface area contributed by atoms with Crippen molar-refractivity contribution >= 4 is 35.4 Å². The van der Waals surface area contributed by atoms with Crippen LogP contribution in [0.25, 0.3) is 0 Å². The second-order valence-corrected chi connectivity index (χ2v) is 12.3. The highest BCUT2D eigenvalue weighted by Gasteiger charge is 2.21. The second-order valence-electron chi connectivity index (χ2n) is 10.1. The van der Waals surface area contributed by atoms with Gasteiger partial charge in [-0.1, -0.05) is 82.0 Å². The number of nitrogens with zero attached hydrogens (tertiary/aromatic N) is 1. The summed E-state index contributed by atoms with van der Waals surface area (Å²) in [7, 11) is 0. The summed E-state index contributed by atoms with van der Waals surface area (Å²) in [6, 6.07) is 10.2. The summed E-state index contributed by atoms with van der Waals surface area (Å²) in [5.74, 6) is 3.82. The molecule has 0 aliphatic heterocycles. The van der Waals surface area contributed by atoms with Crippen LogP contribution in [0.2, 0.25) is 0 Å². The molecule has 1 saturated carbocycles. The summed E-state index contributed by atoms with van der Waals surface area (Å²) in [4.78, 5) is 38.2. The van der Waals surface area contributed by atoms with Crippen molar-refractivity contribution in [2.75, 3.05) is 36.7 Å². The third kappa shape index (κ3) is 24.9. The fraction of sp³-hybridized carbons (Fsp3) is 0.697. The Morgan fingerprint density at radius 2 is 1.77 bits per heavy atom. The zero-order chi connectivity index (χ0) is 32.0. The zero-order valence-electron chi connectivity index (χ0n) is 26.9. The molecule has 0 bridgehead atoms. The maximum atomic E-state index is 12.1. The van der Waals surface area contributed by atoms with Crippen LogP contribution in [0.1, 0.15) is 97.0 Å². The van der Waals surface area contributed by atoms with Crippen LogP contribution < -0.4 is 5.32 Å². The lowest BCUT2D eigenvalue weighted by molar-refractivity contribution is -0.757. The first-order chi connectivity index (χ1) is 21.0. The molecule has 246 valence electrons. The van der Waals surface area contributed by atoms with Crippen LogP contribution in [0.4, 0.5) is 0 Å². The molecule has 1 aliphatic carbocycles. The highest BCUT2D eigenvalue weighted by Crippen LogP contribution is 2.28. The van der Waals surface area contributed by atoms with Gasteiger partial charge in [0.1, 0.15) is 6.04 Å². The van der Waals surface area contributed by atoms with Gasteiger partial charge in [0.25, 0.3) is 5.09 Å². The molecule has 0 aromatic heterocycles. The molecule has 1 aliphatic rings. The van der Waals surface area contributed by atoms with Crippen molar-refractivity contribution in [3.63, 3.8) is 0 Å². The molecule has 1 aromatic rings. The fourth-order valence-electron chi connectivity index (χ4n) is 4.40. The Bertz CT molecular complexity index is 851. The fourth-order valence-corrected chi connectivity index (χ4v) is 5.96. The molecule has 43 heavy (non-hydrogen) atoms. The molecule has 2 rings (SSSR count). The minimum Gasteiger partial charge on any atom is -0.464 e. The van der Waals surface area contributed by atoms with E-state index in [-0.39, 0.29) is 19.1 Å². The van der Waals surface area contributed by atoms with Crippen LogP contribution in [-0.2, 0) is 25.6 Å². The van der Waals surface area contributed by atoms with Crippen LogP contribution in [0.15, 0.2) is 42.5 Å². The van der Waals surface area contributed by atoms with E-state index in [1.807, 2.05) is 39.2 Å². The molecule has 1 atom stereocenters. The number of hydrogen-bond acceptors (Lipinski definition) is 8. The number of hydrogen-bond donors (Lipinski definition) is 1. The second kappa shape index (κ2) is 29.9. The van der Waals surface area contributed by atoms with Crippen molar-refractivity contribution in [3.05, 3.63) is 58.2 Å². The molecule has 1 aromatic carbocycles. The van der Waals surface area contributed by atoms with Crippen molar-refractivity contribution in [2.45, 2.75) is 104 Å². The summed E-state index contributed by atoms with van der Waals surface area (Å²) in [6.45, 7) is 6.05. The standard InChI is InChI=1S/C16H28N2O6S.C15H22S.C2H6/c1-3-4-5-6-9-15(19)17-14(10-13-25-2)16(20)23-11-7-8-12-24-18(21)22;1-2-6-14(7-3-1)10-12-16-13-11-15-8-4-5-9-15;1-2/h3-4,14H,5-13H2,1-2H3,(H,17,19);1-3,6-7,15H,4-5,8-13H2;1-2H3/b4-3-;;. The van der Waals surface area contributed by atoms with Gasteiger partial charge in [-0.05, 0) is 86.9 Å². The number of carbonyl (C=O) groups is 2. The lowest BCUT2D eigenvalue weighted by Gasteiger charge is -2.17. The maximum Gasteiger partial charge on any atom is 0.328 e. The van der Waals surface area contributed by atoms with Gasteiger partial charge in [-0.15, -0.1) is 10.1 Å². The first kappa shape index (κ1) is 40.8. The monoisotopic (exact) mass is 640 g/mol. The number of unbranched alkanes of at least 4 members (excludes halogenated alkanes) is 2. The first-order valence-corrected chi connectivity index (χ1v) is 18.5. The van der Waals surface area contributed by atoms with Crippen LogP contribution in [0.3, 0.4) is 0 Å². The van der Waals surface area contributed by atoms with E-state index >= 15 is 0 Å². The van der Waals surface area contributed by atoms with Gasteiger partial charge in [-0.25, -0.2) is 4.79 Å². The van der Waals surface area contributed by atoms with Gasteiger partial charge in [0.05, 0.1) is 13.2 Å². The number of esters is 1. The molecule has 8 nitrogen and oxygen atoms in total. The largest absolute Gasteiger partial charge is 0.464 e. The molecule has 1 N–H and O–H groups in total. The van der Waals surface area contributed by atoms with Gasteiger partial charge >= 0.3 is 5.97 Å². The third-order valence-electron chi connectivity index (χ3n) is 6.74. The van der Waals surface area contributed by atoms with E-state index in [0.717, 1.165) is 24.5 Å². The smallest absolute Gasteiger partial charge is 0.328 e. The topological polar surface area (TPSA) is 108 Å². The predicted octanol–water partition coefficient (Wildman–Crippen LogP) is 8.07. The van der Waals surface area contributed by atoms with Crippen LogP contribution >= 0.6 is 23.5 Å². The van der Waals surface area contributed by atoms with Gasteiger partial charge < -0.3 is 14.9 Å². The lowest BCUT2D eigenvalue weighted by atomic mass is 10.1. The first-order valence-electron chi connectivity index (χ1n) is 15.9. The van der Waals surface area contributed by atoms with E-state index < -0.39 is 17.1 Å². The van der Waals surface area contributed by atoms with Gasteiger partial charge in [-0.3, -0.25) is 4.79 Å². The summed E-state index contributed by atoms with van der Waals surface area (Å²) in [6.07, 6.45) is 17.8. The van der Waals surface area contributed by atoms with Gasteiger partial charge in [0.15, 0.2) is 0 Å². The number of aryl methyl sites for hydroxylation is 1. The van der Waals surface area contributed by atoms with E-state index in [1.165, 1.54) is 55.6 Å². The van der Waals surface area contributed by atoms with Crippen molar-refractivity contribution in [3.8, 4) is 0 Å². The minimum atomic E-state index is -0.851. The number of rotatable bonds is 21. The Labute approximate surface area is 269 Å². The number of nitrogens with one attached hydrogen (secondary N) is 1. The molecule has 0 spiro atoms. The summed E-state index contributed by atoms with van der Waals surface area (Å²) in [5.41, 5.74) is 1.48. The van der Waals surface area contributed by atoms with Crippen LogP contribution in [0, 0.1) is 16.0 Å². The highest BCUT2D eigenvalue weighted by molar-refractivity contribution is 7.99.